The standard InChI is InChI=1S/C15H29NO6/c1-14(2,3)22-13(18)16-6-11(7-17)8-19-9-12-10-20-15(4,5)21-12/h11-12,17H,6-10H2,1-5H3,(H,16,18). The van der Waals surface area contributed by atoms with Gasteiger partial charge in [-0.15, -0.1) is 0 Å². The van der Waals surface area contributed by atoms with E-state index in [1.54, 1.807) is 20.8 Å². The van der Waals surface area contributed by atoms with Crippen LogP contribution in [0.4, 0.5) is 4.79 Å². The number of aliphatic hydroxyl groups is 1. The van der Waals surface area contributed by atoms with Gasteiger partial charge in [0.1, 0.15) is 11.7 Å². The Morgan fingerprint density at radius 2 is 2.14 bits per heavy atom. The van der Waals surface area contributed by atoms with Crippen LogP contribution in [0.2, 0.25) is 0 Å². The zero-order valence-electron chi connectivity index (χ0n) is 14.2. The number of ether oxygens (including phenoxy) is 4. The molecule has 0 saturated carbocycles. The minimum Gasteiger partial charge on any atom is -0.444 e. The van der Waals surface area contributed by atoms with Crippen LogP contribution in [0.5, 0.6) is 0 Å². The first-order chi connectivity index (χ1) is 10.1. The zero-order chi connectivity index (χ0) is 16.8. The zero-order valence-corrected chi connectivity index (χ0v) is 14.2. The summed E-state index contributed by atoms with van der Waals surface area (Å²) in [6.45, 7) is 10.5. The molecule has 0 aromatic carbocycles. The van der Waals surface area contributed by atoms with Gasteiger partial charge < -0.3 is 29.4 Å². The molecular formula is C15H29NO6. The smallest absolute Gasteiger partial charge is 0.407 e. The minimum atomic E-state index is -0.567. The molecule has 1 saturated heterocycles. The van der Waals surface area contributed by atoms with Crippen molar-refractivity contribution in [3.8, 4) is 0 Å². The number of aliphatic hydroxyl groups excluding tert-OH is 1. The van der Waals surface area contributed by atoms with Crippen molar-refractivity contribution < 1.29 is 28.8 Å². The number of rotatable bonds is 7. The summed E-state index contributed by atoms with van der Waals surface area (Å²) in [6.07, 6.45) is -0.603. The molecule has 0 spiro atoms. The molecule has 0 aliphatic carbocycles. The van der Waals surface area contributed by atoms with Crippen LogP contribution in [0.15, 0.2) is 0 Å². The molecule has 1 aliphatic rings. The Labute approximate surface area is 132 Å². The Bertz CT molecular complexity index is 352. The van der Waals surface area contributed by atoms with Crippen LogP contribution in [0.1, 0.15) is 34.6 Å². The number of alkyl carbamates (subject to hydrolysis) is 1. The molecule has 0 bridgehead atoms. The summed E-state index contributed by atoms with van der Waals surface area (Å²) < 4.78 is 21.7. The van der Waals surface area contributed by atoms with Crippen LogP contribution >= 0.6 is 0 Å². The molecule has 1 aliphatic heterocycles. The molecular weight excluding hydrogens is 290 g/mol. The summed E-state index contributed by atoms with van der Waals surface area (Å²) in [5.74, 6) is -0.759. The quantitative estimate of drug-likeness (QED) is 0.735. The Kier molecular flexibility index (Phi) is 7.05. The van der Waals surface area contributed by atoms with E-state index in [0.29, 0.717) is 26.4 Å². The van der Waals surface area contributed by atoms with Gasteiger partial charge in [-0.2, -0.15) is 0 Å². The van der Waals surface area contributed by atoms with E-state index in [1.165, 1.54) is 0 Å². The van der Waals surface area contributed by atoms with Gasteiger partial charge in [0.05, 0.1) is 19.8 Å². The summed E-state index contributed by atoms with van der Waals surface area (Å²) >= 11 is 0. The highest BCUT2D eigenvalue weighted by atomic mass is 16.7. The van der Waals surface area contributed by atoms with E-state index in [4.69, 9.17) is 18.9 Å². The van der Waals surface area contributed by atoms with Crippen LogP contribution in [0.25, 0.3) is 0 Å². The average molecular weight is 319 g/mol. The summed E-state index contributed by atoms with van der Waals surface area (Å²) in [5.41, 5.74) is -0.540. The second kappa shape index (κ2) is 8.10. The van der Waals surface area contributed by atoms with Crippen LogP contribution in [0, 0.1) is 5.92 Å². The first-order valence-electron chi connectivity index (χ1n) is 7.58. The number of hydrogen-bond acceptors (Lipinski definition) is 6. The molecule has 1 amide bonds. The Balaban J connectivity index is 2.18. The van der Waals surface area contributed by atoms with Gasteiger partial charge in [-0.05, 0) is 34.6 Å². The molecule has 0 aromatic rings. The van der Waals surface area contributed by atoms with Gasteiger partial charge in [0.25, 0.3) is 0 Å². The molecule has 130 valence electrons. The van der Waals surface area contributed by atoms with Gasteiger partial charge in [0.2, 0.25) is 0 Å². The van der Waals surface area contributed by atoms with Crippen molar-refractivity contribution in [1.29, 1.82) is 0 Å². The lowest BCUT2D eigenvalue weighted by Gasteiger charge is -2.21. The van der Waals surface area contributed by atoms with Crippen molar-refractivity contribution >= 4 is 6.09 Å². The van der Waals surface area contributed by atoms with E-state index in [-0.39, 0.29) is 18.6 Å². The second-order valence-electron chi connectivity index (χ2n) is 6.92. The van der Waals surface area contributed by atoms with Crippen molar-refractivity contribution in [1.82, 2.24) is 5.32 Å². The van der Waals surface area contributed by atoms with Gasteiger partial charge in [0.15, 0.2) is 5.79 Å². The van der Waals surface area contributed by atoms with E-state index in [9.17, 15) is 9.90 Å². The molecule has 1 rings (SSSR count). The number of carbonyl (C=O) groups is 1. The maximum absolute atomic E-state index is 11.5. The molecule has 0 radical (unpaired) electrons. The molecule has 2 atom stereocenters. The van der Waals surface area contributed by atoms with Crippen molar-refractivity contribution in [3.05, 3.63) is 0 Å². The summed E-state index contributed by atoms with van der Waals surface area (Å²) in [6, 6.07) is 0. The lowest BCUT2D eigenvalue weighted by molar-refractivity contribution is -0.145. The van der Waals surface area contributed by atoms with E-state index in [2.05, 4.69) is 5.32 Å². The van der Waals surface area contributed by atoms with Gasteiger partial charge in [-0.1, -0.05) is 0 Å². The van der Waals surface area contributed by atoms with Crippen LogP contribution < -0.4 is 5.32 Å². The second-order valence-corrected chi connectivity index (χ2v) is 6.92. The molecule has 1 heterocycles. The highest BCUT2D eigenvalue weighted by molar-refractivity contribution is 5.67. The van der Waals surface area contributed by atoms with Crippen LogP contribution in [-0.2, 0) is 18.9 Å². The number of nitrogens with one attached hydrogen (secondary N) is 1. The fourth-order valence-electron chi connectivity index (χ4n) is 1.93. The first kappa shape index (κ1) is 19.2. The molecule has 2 unspecified atom stereocenters. The highest BCUT2D eigenvalue weighted by Crippen LogP contribution is 2.22. The summed E-state index contributed by atoms with van der Waals surface area (Å²) in [7, 11) is 0. The Hall–Kier alpha value is -0.890. The fraction of sp³-hybridized carbons (Fsp3) is 0.933. The van der Waals surface area contributed by atoms with Crippen LogP contribution in [0.3, 0.4) is 0 Å². The van der Waals surface area contributed by atoms with Crippen molar-refractivity contribution in [2.75, 3.05) is 33.0 Å². The van der Waals surface area contributed by atoms with E-state index >= 15 is 0 Å². The predicted molar refractivity (Wildman–Crippen MR) is 80.5 cm³/mol. The number of hydrogen-bond donors (Lipinski definition) is 2. The molecule has 7 nitrogen and oxygen atoms in total. The third-order valence-electron chi connectivity index (χ3n) is 2.92. The van der Waals surface area contributed by atoms with Gasteiger partial charge in [0, 0.05) is 19.1 Å². The van der Waals surface area contributed by atoms with Crippen molar-refractivity contribution in [2.45, 2.75) is 52.1 Å². The minimum absolute atomic E-state index is 0.0800. The van der Waals surface area contributed by atoms with E-state index < -0.39 is 17.5 Å². The maximum Gasteiger partial charge on any atom is 0.407 e. The number of carbonyl (C=O) groups excluding carboxylic acids is 1. The maximum atomic E-state index is 11.5. The summed E-state index contributed by atoms with van der Waals surface area (Å²) in [5, 5.41) is 11.9. The lowest BCUT2D eigenvalue weighted by atomic mass is 10.2. The summed E-state index contributed by atoms with van der Waals surface area (Å²) in [4.78, 5) is 11.5. The topological polar surface area (TPSA) is 86.3 Å². The lowest BCUT2D eigenvalue weighted by Crippen LogP contribution is -2.37. The Morgan fingerprint density at radius 1 is 1.45 bits per heavy atom. The predicted octanol–water partition coefficient (Wildman–Crippen LogP) is 1.29. The monoisotopic (exact) mass is 319 g/mol. The molecule has 2 N–H and O–H groups in total. The van der Waals surface area contributed by atoms with Crippen molar-refractivity contribution in [3.63, 3.8) is 0 Å². The van der Waals surface area contributed by atoms with Crippen molar-refractivity contribution in [2.24, 2.45) is 5.92 Å². The average Bonchev–Trinajstić information content (AvgIpc) is 2.71. The number of amides is 1. The SMILES string of the molecule is CC(C)(C)OC(=O)NCC(CO)COCC1COC(C)(C)O1. The largest absolute Gasteiger partial charge is 0.444 e. The Morgan fingerprint density at radius 3 is 2.64 bits per heavy atom. The molecule has 1 fully saturated rings. The normalized spacial score (nSPS) is 22.4. The van der Waals surface area contributed by atoms with Gasteiger partial charge in [-0.3, -0.25) is 0 Å². The third-order valence-corrected chi connectivity index (χ3v) is 2.92. The van der Waals surface area contributed by atoms with E-state index in [1.807, 2.05) is 13.8 Å². The van der Waals surface area contributed by atoms with Gasteiger partial charge >= 0.3 is 6.09 Å². The van der Waals surface area contributed by atoms with Gasteiger partial charge in [-0.25, -0.2) is 4.79 Å². The van der Waals surface area contributed by atoms with Crippen LogP contribution in [-0.4, -0.2) is 61.7 Å². The first-order valence-corrected chi connectivity index (χ1v) is 7.58. The fourth-order valence-corrected chi connectivity index (χ4v) is 1.93. The van der Waals surface area contributed by atoms with E-state index in [0.717, 1.165) is 0 Å². The molecule has 0 aromatic heterocycles. The highest BCUT2D eigenvalue weighted by Gasteiger charge is 2.32. The molecule has 22 heavy (non-hydrogen) atoms. The third kappa shape index (κ3) is 7.93. The molecule has 7 heteroatoms.